The molecule has 154 valence electrons. The predicted molar refractivity (Wildman–Crippen MR) is 117 cm³/mol. The number of hydrogen-bond acceptors (Lipinski definition) is 2. The third kappa shape index (κ3) is 2.87. The van der Waals surface area contributed by atoms with Gasteiger partial charge in [-0.3, -0.25) is 0 Å². The average Bonchev–Trinajstić information content (AvgIpc) is 3.10. The van der Waals surface area contributed by atoms with Crippen molar-refractivity contribution in [3.8, 4) is 18.0 Å². The number of terminal acetylenes is 1. The van der Waals surface area contributed by atoms with Crippen molar-refractivity contribution in [1.82, 2.24) is 9.78 Å². The van der Waals surface area contributed by atoms with Gasteiger partial charge in [-0.1, -0.05) is 12.8 Å². The van der Waals surface area contributed by atoms with Gasteiger partial charge in [0, 0.05) is 5.39 Å². The molecule has 1 aromatic heterocycles. The fraction of sp³-hybridized carbons (Fsp3) is 0.423. The molecule has 0 amide bonds. The molecule has 0 radical (unpaired) electrons. The number of aryl methyl sites for hydroxylation is 1. The molecule has 3 aromatic rings. The molecular formula is C26H27FN2O. The van der Waals surface area contributed by atoms with Crippen LogP contribution < -0.4 is 0 Å². The molecule has 2 aliphatic carbocycles. The highest BCUT2D eigenvalue weighted by Gasteiger charge is 2.49. The van der Waals surface area contributed by atoms with Crippen LogP contribution in [-0.2, 0) is 11.8 Å². The summed E-state index contributed by atoms with van der Waals surface area (Å²) in [6, 6.07) is 11.1. The number of aliphatic hydroxyl groups is 1. The van der Waals surface area contributed by atoms with E-state index in [1.54, 1.807) is 12.1 Å². The van der Waals surface area contributed by atoms with Gasteiger partial charge >= 0.3 is 0 Å². The van der Waals surface area contributed by atoms with Crippen LogP contribution in [0.2, 0.25) is 0 Å². The van der Waals surface area contributed by atoms with Crippen LogP contribution in [0.5, 0.6) is 0 Å². The molecule has 30 heavy (non-hydrogen) atoms. The average molecular weight is 403 g/mol. The molecule has 3 atom stereocenters. The molecule has 0 saturated heterocycles. The Morgan fingerprint density at radius 1 is 1.27 bits per heavy atom. The van der Waals surface area contributed by atoms with Crippen molar-refractivity contribution >= 4 is 10.9 Å². The largest absolute Gasteiger partial charge is 0.378 e. The maximum atomic E-state index is 13.4. The summed E-state index contributed by atoms with van der Waals surface area (Å²) in [5.74, 6) is 2.82. The summed E-state index contributed by atoms with van der Waals surface area (Å²) in [4.78, 5) is 0. The van der Waals surface area contributed by atoms with Gasteiger partial charge in [0.2, 0.25) is 0 Å². The van der Waals surface area contributed by atoms with Gasteiger partial charge in [-0.15, -0.1) is 6.42 Å². The Hall–Kier alpha value is -2.64. The Morgan fingerprint density at radius 3 is 2.80 bits per heavy atom. The third-order valence-corrected chi connectivity index (χ3v) is 7.65. The first-order chi connectivity index (χ1) is 14.5. The summed E-state index contributed by atoms with van der Waals surface area (Å²) in [5.41, 5.74) is 3.80. The number of hydrogen-bond donors (Lipinski definition) is 1. The fourth-order valence-electron chi connectivity index (χ4n) is 5.97. The lowest BCUT2D eigenvalue weighted by Crippen LogP contribution is -2.47. The van der Waals surface area contributed by atoms with E-state index in [1.165, 1.54) is 23.3 Å². The van der Waals surface area contributed by atoms with E-state index in [1.807, 2.05) is 10.9 Å². The Kier molecular flexibility index (Phi) is 4.48. The van der Waals surface area contributed by atoms with Gasteiger partial charge < -0.3 is 5.11 Å². The maximum Gasteiger partial charge on any atom is 0.125 e. The van der Waals surface area contributed by atoms with Gasteiger partial charge in [-0.25, -0.2) is 9.07 Å². The summed E-state index contributed by atoms with van der Waals surface area (Å²) in [7, 11) is 0. The number of aromatic nitrogens is 2. The second-order valence-electron chi connectivity index (χ2n) is 9.08. The van der Waals surface area contributed by atoms with Crippen LogP contribution in [0.4, 0.5) is 4.39 Å². The van der Waals surface area contributed by atoms with E-state index in [4.69, 9.17) is 6.42 Å². The lowest BCUT2D eigenvalue weighted by Gasteiger charge is -2.48. The molecular weight excluding hydrogens is 375 g/mol. The molecule has 1 heterocycles. The second kappa shape index (κ2) is 6.96. The van der Waals surface area contributed by atoms with Crippen molar-refractivity contribution < 1.29 is 9.50 Å². The normalized spacial score (nSPS) is 28.4. The summed E-state index contributed by atoms with van der Waals surface area (Å²) in [6.07, 6.45) is 14.1. The lowest BCUT2D eigenvalue weighted by molar-refractivity contribution is -0.00457. The van der Waals surface area contributed by atoms with Crippen molar-refractivity contribution in [3.63, 3.8) is 0 Å². The van der Waals surface area contributed by atoms with Crippen LogP contribution in [0.15, 0.2) is 42.6 Å². The minimum absolute atomic E-state index is 0.0566. The Labute approximate surface area is 176 Å². The predicted octanol–water partition coefficient (Wildman–Crippen LogP) is 5.31. The smallest absolute Gasteiger partial charge is 0.125 e. The fourth-order valence-corrected chi connectivity index (χ4v) is 5.97. The molecule has 5 rings (SSSR count). The van der Waals surface area contributed by atoms with Crippen molar-refractivity contribution in [2.24, 2.45) is 5.92 Å². The van der Waals surface area contributed by atoms with Crippen molar-refractivity contribution in [1.29, 1.82) is 0 Å². The highest BCUT2D eigenvalue weighted by Crippen LogP contribution is 2.54. The van der Waals surface area contributed by atoms with E-state index in [9.17, 15) is 9.50 Å². The van der Waals surface area contributed by atoms with E-state index in [-0.39, 0.29) is 11.2 Å². The number of rotatable bonds is 2. The van der Waals surface area contributed by atoms with Gasteiger partial charge in [0.15, 0.2) is 0 Å². The monoisotopic (exact) mass is 402 g/mol. The molecule has 0 unspecified atom stereocenters. The van der Waals surface area contributed by atoms with E-state index in [0.717, 1.165) is 48.7 Å². The summed E-state index contributed by atoms with van der Waals surface area (Å²) < 4.78 is 15.3. The Bertz CT molecular complexity index is 1140. The zero-order chi connectivity index (χ0) is 20.9. The second-order valence-corrected chi connectivity index (χ2v) is 9.08. The molecule has 0 aliphatic heterocycles. The number of nitrogens with zero attached hydrogens (tertiary/aromatic N) is 2. The van der Waals surface area contributed by atoms with Crippen molar-refractivity contribution in [2.45, 2.75) is 62.9 Å². The highest BCUT2D eigenvalue weighted by atomic mass is 19.1. The molecule has 1 N–H and O–H groups in total. The summed E-state index contributed by atoms with van der Waals surface area (Å²) in [5, 5.41) is 16.5. The number of halogens is 1. The van der Waals surface area contributed by atoms with Crippen molar-refractivity contribution in [2.75, 3.05) is 0 Å². The van der Waals surface area contributed by atoms with Crippen molar-refractivity contribution in [3.05, 3.63) is 59.5 Å². The van der Waals surface area contributed by atoms with Crippen LogP contribution >= 0.6 is 0 Å². The molecule has 0 bridgehead atoms. The van der Waals surface area contributed by atoms with Crippen LogP contribution in [0.25, 0.3) is 16.6 Å². The number of benzene rings is 2. The summed E-state index contributed by atoms with van der Waals surface area (Å²) in [6.45, 7) is 2.27. The standard InChI is InChI=1S/C26H27FN2O/c1-3-25(30)12-13-26(4-2)20(16-25)7-5-6-18-15-24-19(14-23(18)26)17-28-29(24)22-10-8-21(27)9-11-22/h1,8-11,14-15,17,20,30H,4-7,12-13,16H2,2H3/t20-,25-,26-/m0/s1. The first-order valence-corrected chi connectivity index (χ1v) is 11.0. The third-order valence-electron chi connectivity index (χ3n) is 7.65. The topological polar surface area (TPSA) is 38.1 Å². The molecule has 2 aliphatic rings. The Balaban J connectivity index is 1.64. The van der Waals surface area contributed by atoms with E-state index in [2.05, 4.69) is 30.1 Å². The van der Waals surface area contributed by atoms with Gasteiger partial charge in [-0.2, -0.15) is 5.10 Å². The first-order valence-electron chi connectivity index (χ1n) is 11.0. The SMILES string of the molecule is C#C[C@]1(O)CC[C@]2(CC)c3cc4cnn(-c5ccc(F)cc5)c4cc3CCC[C@H]2C1. The lowest BCUT2D eigenvalue weighted by atomic mass is 9.57. The zero-order valence-electron chi connectivity index (χ0n) is 17.4. The minimum Gasteiger partial charge on any atom is -0.378 e. The Morgan fingerprint density at radius 2 is 2.07 bits per heavy atom. The zero-order valence-corrected chi connectivity index (χ0v) is 17.4. The van der Waals surface area contributed by atoms with Gasteiger partial charge in [0.1, 0.15) is 11.4 Å². The van der Waals surface area contributed by atoms with Crippen LogP contribution in [0, 0.1) is 24.1 Å². The molecule has 1 fully saturated rings. The van der Waals surface area contributed by atoms with Crippen LogP contribution in [0.1, 0.15) is 56.6 Å². The molecule has 0 spiro atoms. The van der Waals surface area contributed by atoms with E-state index < -0.39 is 5.60 Å². The quantitative estimate of drug-likeness (QED) is 0.590. The van der Waals surface area contributed by atoms with Crippen LogP contribution in [0.3, 0.4) is 0 Å². The molecule has 1 saturated carbocycles. The van der Waals surface area contributed by atoms with Gasteiger partial charge in [0.25, 0.3) is 0 Å². The number of fused-ring (bicyclic) bond motifs is 4. The maximum absolute atomic E-state index is 13.4. The minimum atomic E-state index is -0.967. The first kappa shape index (κ1) is 19.3. The molecule has 3 nitrogen and oxygen atoms in total. The summed E-state index contributed by atoms with van der Waals surface area (Å²) >= 11 is 0. The molecule has 2 aromatic carbocycles. The van der Waals surface area contributed by atoms with E-state index in [0.29, 0.717) is 18.8 Å². The molecule has 4 heteroatoms. The van der Waals surface area contributed by atoms with Gasteiger partial charge in [0.05, 0.1) is 17.4 Å². The van der Waals surface area contributed by atoms with E-state index >= 15 is 0 Å². The van der Waals surface area contributed by atoms with Crippen LogP contribution in [-0.4, -0.2) is 20.5 Å². The highest BCUT2D eigenvalue weighted by molar-refractivity contribution is 5.82. The van der Waals surface area contributed by atoms with Gasteiger partial charge in [-0.05, 0) is 104 Å².